The summed E-state index contributed by atoms with van der Waals surface area (Å²) < 4.78 is 14.3. The topological polar surface area (TPSA) is 98.7 Å². The first-order valence-corrected chi connectivity index (χ1v) is 8.76. The van der Waals surface area contributed by atoms with Crippen molar-refractivity contribution in [3.63, 3.8) is 0 Å². The van der Waals surface area contributed by atoms with Crippen LogP contribution in [-0.4, -0.2) is 31.0 Å². The van der Waals surface area contributed by atoms with Gasteiger partial charge < -0.3 is 11.2 Å². The van der Waals surface area contributed by atoms with Gasteiger partial charge in [-0.25, -0.2) is 14.1 Å². The first-order valence-electron chi connectivity index (χ1n) is 7.50. The quantitative estimate of drug-likeness (QED) is 0.393. The number of carbonyl (C=O) groups is 1. The number of benzene rings is 1. The summed E-state index contributed by atoms with van der Waals surface area (Å²) >= 11 is 7.07. The van der Waals surface area contributed by atoms with E-state index in [0.717, 1.165) is 11.8 Å². The van der Waals surface area contributed by atoms with Crippen molar-refractivity contribution >= 4 is 35.0 Å². The second-order valence-corrected chi connectivity index (χ2v) is 6.94. The molecule has 1 atom stereocenters. The number of hydrogen-bond acceptors (Lipinski definition) is 6. The van der Waals surface area contributed by atoms with Gasteiger partial charge in [0.15, 0.2) is 11.0 Å². The number of carbonyl (C=O) groups excluding carboxylic acids is 1. The summed E-state index contributed by atoms with van der Waals surface area (Å²) in [6.07, 6.45) is 1.53. The largest absolute Gasteiger partial charge is 0.335 e. The lowest BCUT2D eigenvalue weighted by Crippen LogP contribution is -2.24. The Morgan fingerprint density at radius 1 is 1.31 bits per heavy atom. The maximum absolute atomic E-state index is 13.0. The van der Waals surface area contributed by atoms with E-state index < -0.39 is 5.25 Å². The highest BCUT2D eigenvalue weighted by atomic mass is 35.5. The van der Waals surface area contributed by atoms with E-state index in [1.165, 1.54) is 23.0 Å². The maximum atomic E-state index is 13.0. The smallest absolute Gasteiger partial charge is 0.237 e. The minimum atomic E-state index is -0.515. The van der Waals surface area contributed by atoms with Crippen LogP contribution in [-0.2, 0) is 4.79 Å². The number of nitrogen functional groups attached to an aromatic ring is 1. The molecular formula is C16H14ClFN6OS. The fraction of sp³-hybridized carbons (Fsp3) is 0.125. The minimum Gasteiger partial charge on any atom is -0.335 e. The van der Waals surface area contributed by atoms with Gasteiger partial charge in [0.25, 0.3) is 0 Å². The number of rotatable bonds is 5. The summed E-state index contributed by atoms with van der Waals surface area (Å²) in [5, 5.41) is 10.8. The first kappa shape index (κ1) is 18.2. The number of nitrogens with one attached hydrogen (secondary N) is 1. The van der Waals surface area contributed by atoms with Crippen molar-refractivity contribution in [3.8, 4) is 11.4 Å². The Hall–Kier alpha value is -2.65. The van der Waals surface area contributed by atoms with E-state index in [1.807, 2.05) is 0 Å². The fourth-order valence-electron chi connectivity index (χ4n) is 2.08. The van der Waals surface area contributed by atoms with Crippen LogP contribution in [0.5, 0.6) is 0 Å². The predicted octanol–water partition coefficient (Wildman–Crippen LogP) is 2.97. The van der Waals surface area contributed by atoms with Crippen LogP contribution in [0, 0.1) is 5.82 Å². The number of amides is 1. The molecule has 0 aliphatic heterocycles. The molecule has 0 spiro atoms. The van der Waals surface area contributed by atoms with Crippen LogP contribution in [0.15, 0.2) is 47.8 Å². The lowest BCUT2D eigenvalue weighted by atomic mass is 10.2. The van der Waals surface area contributed by atoms with Gasteiger partial charge in [0, 0.05) is 11.8 Å². The molecular weight excluding hydrogens is 379 g/mol. The average molecular weight is 393 g/mol. The van der Waals surface area contributed by atoms with E-state index in [2.05, 4.69) is 20.5 Å². The Morgan fingerprint density at radius 2 is 2.04 bits per heavy atom. The van der Waals surface area contributed by atoms with Crippen LogP contribution in [0.4, 0.5) is 10.1 Å². The summed E-state index contributed by atoms with van der Waals surface area (Å²) in [5.41, 5.74) is 1.04. The monoisotopic (exact) mass is 392 g/mol. The van der Waals surface area contributed by atoms with Crippen molar-refractivity contribution in [3.05, 3.63) is 53.6 Å². The summed E-state index contributed by atoms with van der Waals surface area (Å²) in [6, 6.07) is 9.05. The van der Waals surface area contributed by atoms with Crippen molar-refractivity contribution in [2.24, 2.45) is 0 Å². The zero-order valence-electron chi connectivity index (χ0n) is 13.6. The molecule has 3 aromatic rings. The van der Waals surface area contributed by atoms with Gasteiger partial charge in [0.05, 0.1) is 10.9 Å². The molecule has 0 unspecified atom stereocenters. The standard InChI is InChI=1S/C16H14ClFN6OS/c1-9(15(25)21-12-3-2-8-20-13(12)17)26-16-23-22-14(24(16)19)10-4-6-11(18)7-5-10/h2-9H,19H2,1H3,(H,21,25)/t9-/m0/s1. The third kappa shape index (κ3) is 3.94. The molecule has 7 nitrogen and oxygen atoms in total. The molecule has 2 aromatic heterocycles. The Bertz CT molecular complexity index is 933. The van der Waals surface area contributed by atoms with Gasteiger partial charge in [0.1, 0.15) is 5.82 Å². The minimum absolute atomic E-state index is 0.207. The number of nitrogens with two attached hydrogens (primary N) is 1. The van der Waals surface area contributed by atoms with E-state index in [4.69, 9.17) is 17.4 Å². The summed E-state index contributed by atoms with van der Waals surface area (Å²) in [5.74, 6) is 5.75. The fourth-order valence-corrected chi connectivity index (χ4v) is 3.02. The Balaban J connectivity index is 1.71. The van der Waals surface area contributed by atoms with Crippen molar-refractivity contribution in [1.82, 2.24) is 19.9 Å². The predicted molar refractivity (Wildman–Crippen MR) is 98.8 cm³/mol. The molecule has 3 N–H and O–H groups in total. The second kappa shape index (κ2) is 7.71. The first-order chi connectivity index (χ1) is 12.5. The normalized spacial score (nSPS) is 12.0. The molecule has 0 saturated carbocycles. The van der Waals surface area contributed by atoms with E-state index in [0.29, 0.717) is 22.2 Å². The van der Waals surface area contributed by atoms with Crippen LogP contribution in [0.1, 0.15) is 6.92 Å². The van der Waals surface area contributed by atoms with E-state index in [1.54, 1.807) is 31.2 Å². The number of anilines is 1. The summed E-state index contributed by atoms with van der Waals surface area (Å²) in [6.45, 7) is 1.70. The number of halogens is 2. The molecule has 3 rings (SSSR count). The highest BCUT2D eigenvalue weighted by Crippen LogP contribution is 2.26. The zero-order chi connectivity index (χ0) is 18.7. The molecule has 0 saturated heterocycles. The van der Waals surface area contributed by atoms with Crippen molar-refractivity contribution in [2.75, 3.05) is 11.2 Å². The van der Waals surface area contributed by atoms with Crippen molar-refractivity contribution in [2.45, 2.75) is 17.3 Å². The van der Waals surface area contributed by atoms with Gasteiger partial charge in [-0.3, -0.25) is 4.79 Å². The van der Waals surface area contributed by atoms with E-state index in [-0.39, 0.29) is 16.9 Å². The van der Waals surface area contributed by atoms with Gasteiger partial charge in [-0.05, 0) is 43.3 Å². The van der Waals surface area contributed by atoms with Crippen molar-refractivity contribution < 1.29 is 9.18 Å². The van der Waals surface area contributed by atoms with Crippen molar-refractivity contribution in [1.29, 1.82) is 0 Å². The lowest BCUT2D eigenvalue weighted by molar-refractivity contribution is -0.115. The Kier molecular flexibility index (Phi) is 5.38. The molecule has 0 aliphatic carbocycles. The zero-order valence-corrected chi connectivity index (χ0v) is 15.1. The molecule has 134 valence electrons. The third-order valence-electron chi connectivity index (χ3n) is 3.44. The van der Waals surface area contributed by atoms with E-state index >= 15 is 0 Å². The molecule has 0 aliphatic rings. The highest BCUT2D eigenvalue weighted by molar-refractivity contribution is 8.00. The van der Waals surface area contributed by atoms with Crippen LogP contribution in [0.3, 0.4) is 0 Å². The second-order valence-electron chi connectivity index (χ2n) is 5.27. The number of hydrogen-bond donors (Lipinski definition) is 2. The molecule has 1 aromatic carbocycles. The van der Waals surface area contributed by atoms with Gasteiger partial charge in [0.2, 0.25) is 11.1 Å². The number of aromatic nitrogens is 4. The van der Waals surface area contributed by atoms with Gasteiger partial charge in [-0.15, -0.1) is 10.2 Å². The van der Waals surface area contributed by atoms with Gasteiger partial charge in [-0.1, -0.05) is 23.4 Å². The lowest BCUT2D eigenvalue weighted by Gasteiger charge is -2.12. The molecule has 10 heteroatoms. The van der Waals surface area contributed by atoms with Crippen LogP contribution in [0.2, 0.25) is 5.15 Å². The summed E-state index contributed by atoms with van der Waals surface area (Å²) in [7, 11) is 0. The third-order valence-corrected chi connectivity index (χ3v) is 4.79. The van der Waals surface area contributed by atoms with E-state index in [9.17, 15) is 9.18 Å². The van der Waals surface area contributed by atoms with Crippen LogP contribution >= 0.6 is 23.4 Å². The van der Waals surface area contributed by atoms with Gasteiger partial charge >= 0.3 is 0 Å². The molecule has 2 heterocycles. The number of pyridine rings is 1. The summed E-state index contributed by atoms with van der Waals surface area (Å²) in [4.78, 5) is 16.2. The number of nitrogens with zero attached hydrogens (tertiary/aromatic N) is 4. The SMILES string of the molecule is C[C@H](Sc1nnc(-c2ccc(F)cc2)n1N)C(=O)Nc1cccnc1Cl. The van der Waals surface area contributed by atoms with Crippen LogP contribution in [0.25, 0.3) is 11.4 Å². The molecule has 0 bridgehead atoms. The maximum Gasteiger partial charge on any atom is 0.237 e. The Labute approximate surface area is 157 Å². The van der Waals surface area contributed by atoms with Crippen LogP contribution < -0.4 is 11.2 Å². The van der Waals surface area contributed by atoms with Gasteiger partial charge in [-0.2, -0.15) is 0 Å². The molecule has 1 amide bonds. The highest BCUT2D eigenvalue weighted by Gasteiger charge is 2.20. The molecule has 0 radical (unpaired) electrons. The molecule has 26 heavy (non-hydrogen) atoms. The molecule has 0 fully saturated rings. The number of thioether (sulfide) groups is 1. The Morgan fingerprint density at radius 3 is 2.73 bits per heavy atom. The average Bonchev–Trinajstić information content (AvgIpc) is 2.98.